The number of anilines is 1. The SMILES string of the molecule is Nc1nccc2cc(CCC(=O)c3cc(Cl)c(CNCCN4CCCCC4)s3)ccc12. The predicted molar refractivity (Wildman–Crippen MR) is 130 cm³/mol. The second kappa shape index (κ2) is 10.6. The smallest absolute Gasteiger partial charge is 0.173 e. The Hall–Kier alpha value is -1.99. The first kappa shape index (κ1) is 22.2. The number of halogens is 1. The van der Waals surface area contributed by atoms with Crippen LogP contribution in [0, 0.1) is 0 Å². The molecule has 0 amide bonds. The van der Waals surface area contributed by atoms with E-state index in [0.29, 0.717) is 30.2 Å². The highest BCUT2D eigenvalue weighted by atomic mass is 35.5. The number of pyridine rings is 1. The molecule has 0 radical (unpaired) electrons. The van der Waals surface area contributed by atoms with E-state index in [-0.39, 0.29) is 5.78 Å². The van der Waals surface area contributed by atoms with Crippen molar-refractivity contribution in [1.82, 2.24) is 15.2 Å². The van der Waals surface area contributed by atoms with Crippen LogP contribution in [0.4, 0.5) is 5.82 Å². The number of thiophene rings is 1. The summed E-state index contributed by atoms with van der Waals surface area (Å²) in [6.07, 6.45) is 6.85. The maximum Gasteiger partial charge on any atom is 0.173 e. The van der Waals surface area contributed by atoms with Crippen LogP contribution in [0.1, 0.15) is 45.8 Å². The Morgan fingerprint density at radius 1 is 1.19 bits per heavy atom. The number of aromatic nitrogens is 1. The summed E-state index contributed by atoms with van der Waals surface area (Å²) in [6.45, 7) is 5.15. The van der Waals surface area contributed by atoms with Gasteiger partial charge >= 0.3 is 0 Å². The van der Waals surface area contributed by atoms with E-state index in [0.717, 1.165) is 39.2 Å². The molecular weight excluding hydrogens is 428 g/mol. The molecule has 0 unspecified atom stereocenters. The van der Waals surface area contributed by atoms with Crippen molar-refractivity contribution in [3.8, 4) is 0 Å². The molecule has 1 fully saturated rings. The maximum atomic E-state index is 12.7. The van der Waals surface area contributed by atoms with E-state index in [1.807, 2.05) is 24.3 Å². The Balaban J connectivity index is 1.28. The summed E-state index contributed by atoms with van der Waals surface area (Å²) in [6, 6.07) is 9.85. The highest BCUT2D eigenvalue weighted by Crippen LogP contribution is 2.28. The number of carbonyl (C=O) groups excluding carboxylic acids is 1. The summed E-state index contributed by atoms with van der Waals surface area (Å²) in [5.41, 5.74) is 7.04. The van der Waals surface area contributed by atoms with Gasteiger partial charge in [-0.05, 0) is 55.4 Å². The van der Waals surface area contributed by atoms with Crippen molar-refractivity contribution in [2.45, 2.75) is 38.6 Å². The Morgan fingerprint density at radius 3 is 2.87 bits per heavy atom. The summed E-state index contributed by atoms with van der Waals surface area (Å²) < 4.78 is 0. The Bertz CT molecular complexity index is 1050. The summed E-state index contributed by atoms with van der Waals surface area (Å²) in [5, 5.41) is 6.16. The van der Waals surface area contributed by atoms with E-state index >= 15 is 0 Å². The maximum absolute atomic E-state index is 12.7. The minimum atomic E-state index is 0.140. The zero-order chi connectivity index (χ0) is 21.6. The second-order valence-electron chi connectivity index (χ2n) is 8.14. The molecule has 1 aromatic carbocycles. The van der Waals surface area contributed by atoms with Crippen molar-refractivity contribution in [1.29, 1.82) is 0 Å². The van der Waals surface area contributed by atoms with Crippen molar-refractivity contribution < 1.29 is 4.79 Å². The molecule has 0 aliphatic carbocycles. The van der Waals surface area contributed by atoms with Gasteiger partial charge in [0.15, 0.2) is 5.78 Å². The van der Waals surface area contributed by atoms with Crippen LogP contribution in [-0.4, -0.2) is 41.8 Å². The molecule has 5 nitrogen and oxygen atoms in total. The number of hydrogen-bond donors (Lipinski definition) is 2. The second-order valence-corrected chi connectivity index (χ2v) is 9.68. The molecule has 7 heteroatoms. The number of rotatable bonds is 9. The molecule has 1 aliphatic heterocycles. The van der Waals surface area contributed by atoms with Crippen LogP contribution >= 0.6 is 22.9 Å². The first-order valence-corrected chi connectivity index (χ1v) is 12.2. The molecule has 0 spiro atoms. The van der Waals surface area contributed by atoms with Crippen molar-refractivity contribution in [2.24, 2.45) is 0 Å². The van der Waals surface area contributed by atoms with E-state index in [2.05, 4.69) is 21.3 Å². The molecule has 1 aliphatic rings. The van der Waals surface area contributed by atoms with E-state index in [1.54, 1.807) is 6.20 Å². The first-order chi connectivity index (χ1) is 15.1. The molecule has 3 heterocycles. The normalized spacial score (nSPS) is 14.9. The minimum Gasteiger partial charge on any atom is -0.383 e. The molecule has 2 aromatic heterocycles. The van der Waals surface area contributed by atoms with Gasteiger partial charge in [0.1, 0.15) is 5.82 Å². The Kier molecular flexibility index (Phi) is 7.56. The summed E-state index contributed by atoms with van der Waals surface area (Å²) in [7, 11) is 0. The van der Waals surface area contributed by atoms with E-state index < -0.39 is 0 Å². The number of fused-ring (bicyclic) bond motifs is 1. The number of nitrogens with one attached hydrogen (secondary N) is 1. The van der Waals surface area contributed by atoms with Gasteiger partial charge in [-0.25, -0.2) is 4.98 Å². The lowest BCUT2D eigenvalue weighted by atomic mass is 10.0. The van der Waals surface area contributed by atoms with Crippen LogP contribution in [0.3, 0.4) is 0 Å². The number of piperidine rings is 1. The van der Waals surface area contributed by atoms with Gasteiger partial charge in [-0.15, -0.1) is 11.3 Å². The number of ketones is 1. The fourth-order valence-electron chi connectivity index (χ4n) is 4.07. The topological polar surface area (TPSA) is 71.2 Å². The van der Waals surface area contributed by atoms with Crippen LogP contribution in [-0.2, 0) is 13.0 Å². The zero-order valence-corrected chi connectivity index (χ0v) is 19.3. The van der Waals surface area contributed by atoms with Gasteiger partial charge in [0.2, 0.25) is 0 Å². The molecule has 0 saturated carbocycles. The van der Waals surface area contributed by atoms with Crippen LogP contribution < -0.4 is 11.1 Å². The highest BCUT2D eigenvalue weighted by molar-refractivity contribution is 7.14. The quantitative estimate of drug-likeness (QED) is 0.353. The van der Waals surface area contributed by atoms with Crippen molar-refractivity contribution >= 4 is 45.3 Å². The van der Waals surface area contributed by atoms with Crippen LogP contribution in [0.2, 0.25) is 5.02 Å². The van der Waals surface area contributed by atoms with Gasteiger partial charge in [-0.1, -0.05) is 36.2 Å². The first-order valence-electron chi connectivity index (χ1n) is 11.0. The largest absolute Gasteiger partial charge is 0.383 e. The molecule has 0 atom stereocenters. The third kappa shape index (κ3) is 5.83. The molecule has 4 rings (SSSR count). The minimum absolute atomic E-state index is 0.140. The van der Waals surface area contributed by atoms with Gasteiger partial charge in [0.25, 0.3) is 0 Å². The van der Waals surface area contributed by atoms with E-state index in [4.69, 9.17) is 17.3 Å². The predicted octanol–water partition coefficient (Wildman–Crippen LogP) is 4.92. The van der Waals surface area contributed by atoms with Crippen molar-refractivity contribution in [3.63, 3.8) is 0 Å². The van der Waals surface area contributed by atoms with Gasteiger partial charge in [-0.2, -0.15) is 0 Å². The summed E-state index contributed by atoms with van der Waals surface area (Å²) in [5.74, 6) is 0.672. The molecule has 31 heavy (non-hydrogen) atoms. The number of nitrogens with two attached hydrogens (primary N) is 1. The van der Waals surface area contributed by atoms with Gasteiger partial charge in [-0.3, -0.25) is 4.79 Å². The average Bonchev–Trinajstić information content (AvgIpc) is 3.16. The molecule has 0 bridgehead atoms. The molecular formula is C24H29ClN4OS. The summed E-state index contributed by atoms with van der Waals surface area (Å²) in [4.78, 5) is 21.1. The fourth-order valence-corrected chi connectivity index (χ4v) is 5.42. The monoisotopic (exact) mass is 456 g/mol. The zero-order valence-electron chi connectivity index (χ0n) is 17.7. The number of hydrogen-bond acceptors (Lipinski definition) is 6. The third-order valence-electron chi connectivity index (χ3n) is 5.87. The standard InChI is InChI=1S/C24H29ClN4OS/c25-20-15-22(31-23(20)16-27-10-13-29-11-2-1-3-12-29)21(30)7-5-17-4-6-19-18(14-17)8-9-28-24(19)26/h4,6,8-9,14-15,27H,1-3,5,7,10-13,16H2,(H2,26,28). The average molecular weight is 457 g/mol. The number of carbonyl (C=O) groups is 1. The Morgan fingerprint density at radius 2 is 2.03 bits per heavy atom. The molecule has 164 valence electrons. The Labute approximate surface area is 192 Å². The van der Waals surface area contributed by atoms with Crippen molar-refractivity contribution in [2.75, 3.05) is 31.9 Å². The molecule has 3 aromatic rings. The highest BCUT2D eigenvalue weighted by Gasteiger charge is 2.14. The lowest BCUT2D eigenvalue weighted by molar-refractivity contribution is 0.0986. The van der Waals surface area contributed by atoms with Crippen LogP contribution in [0.15, 0.2) is 36.5 Å². The number of nitrogen functional groups attached to an aromatic ring is 1. The van der Waals surface area contributed by atoms with E-state index in [9.17, 15) is 4.79 Å². The molecule has 1 saturated heterocycles. The van der Waals surface area contributed by atoms with Crippen LogP contribution in [0.25, 0.3) is 10.8 Å². The number of Topliss-reactive ketones (excluding diaryl/α,β-unsaturated/α-hetero) is 1. The van der Waals surface area contributed by atoms with Crippen molar-refractivity contribution in [3.05, 3.63) is 56.9 Å². The summed E-state index contributed by atoms with van der Waals surface area (Å²) >= 11 is 7.91. The lowest BCUT2D eigenvalue weighted by Gasteiger charge is -2.26. The number of likely N-dealkylation sites (tertiary alicyclic amines) is 1. The van der Waals surface area contributed by atoms with Gasteiger partial charge in [0, 0.05) is 42.5 Å². The lowest BCUT2D eigenvalue weighted by Crippen LogP contribution is -2.35. The van der Waals surface area contributed by atoms with Gasteiger partial charge < -0.3 is 16.0 Å². The molecule has 3 N–H and O–H groups in total. The van der Waals surface area contributed by atoms with Gasteiger partial charge in [0.05, 0.1) is 9.90 Å². The number of benzene rings is 1. The fraction of sp³-hybridized carbons (Fsp3) is 0.417. The van der Waals surface area contributed by atoms with Crippen LogP contribution in [0.5, 0.6) is 0 Å². The third-order valence-corrected chi connectivity index (χ3v) is 7.50. The number of aryl methyl sites for hydroxylation is 1. The van der Waals surface area contributed by atoms with E-state index in [1.165, 1.54) is 43.7 Å². The number of nitrogens with zero attached hydrogens (tertiary/aromatic N) is 2.